The van der Waals surface area contributed by atoms with Crippen LogP contribution in [0.4, 0.5) is 0 Å². The van der Waals surface area contributed by atoms with E-state index < -0.39 is 0 Å². The third-order valence-electron chi connectivity index (χ3n) is 3.96. The van der Waals surface area contributed by atoms with Crippen LogP contribution in [0.3, 0.4) is 0 Å². The molecule has 0 saturated heterocycles. The van der Waals surface area contributed by atoms with Gasteiger partial charge in [-0.25, -0.2) is 4.98 Å². The SMILES string of the molecule is CCc1nc2cc(Cl)c(I)cc2c(=O)n1-c1c(C)cccc1C. The molecular weight excluding hydrogens is 423 g/mol. The summed E-state index contributed by atoms with van der Waals surface area (Å²) in [5.74, 6) is 0.747. The van der Waals surface area contributed by atoms with Crippen molar-refractivity contribution in [2.45, 2.75) is 27.2 Å². The van der Waals surface area contributed by atoms with Gasteiger partial charge in [0.25, 0.3) is 5.56 Å². The number of hydrogen-bond donors (Lipinski definition) is 0. The average molecular weight is 439 g/mol. The Morgan fingerprint density at radius 2 is 1.87 bits per heavy atom. The van der Waals surface area contributed by atoms with E-state index >= 15 is 0 Å². The van der Waals surface area contributed by atoms with Gasteiger partial charge in [-0.3, -0.25) is 9.36 Å². The Kier molecular flexibility index (Phi) is 4.47. The summed E-state index contributed by atoms with van der Waals surface area (Å²) in [4.78, 5) is 17.8. The predicted molar refractivity (Wildman–Crippen MR) is 104 cm³/mol. The van der Waals surface area contributed by atoms with Crippen molar-refractivity contribution in [1.29, 1.82) is 0 Å². The number of aryl methyl sites for hydroxylation is 3. The highest BCUT2D eigenvalue weighted by atomic mass is 127. The highest BCUT2D eigenvalue weighted by molar-refractivity contribution is 14.1. The van der Waals surface area contributed by atoms with Crippen LogP contribution in [0.25, 0.3) is 16.6 Å². The molecule has 23 heavy (non-hydrogen) atoms. The first-order valence-corrected chi connectivity index (χ1v) is 8.87. The molecule has 1 heterocycles. The first-order chi connectivity index (χ1) is 10.9. The van der Waals surface area contributed by atoms with Crippen LogP contribution in [0.1, 0.15) is 23.9 Å². The fraction of sp³-hybridized carbons (Fsp3) is 0.222. The van der Waals surface area contributed by atoms with Crippen molar-refractivity contribution in [3.05, 3.63) is 66.2 Å². The van der Waals surface area contributed by atoms with Gasteiger partial charge in [0.1, 0.15) is 5.82 Å². The molecule has 0 aliphatic heterocycles. The number of rotatable bonds is 2. The minimum Gasteiger partial charge on any atom is -0.268 e. The van der Waals surface area contributed by atoms with Crippen LogP contribution in [0.2, 0.25) is 5.02 Å². The molecule has 0 aliphatic rings. The van der Waals surface area contributed by atoms with Gasteiger partial charge in [0.2, 0.25) is 0 Å². The summed E-state index contributed by atoms with van der Waals surface area (Å²) in [6.45, 7) is 6.04. The number of aromatic nitrogens is 2. The summed E-state index contributed by atoms with van der Waals surface area (Å²) < 4.78 is 2.60. The van der Waals surface area contributed by atoms with E-state index in [9.17, 15) is 4.79 Å². The van der Waals surface area contributed by atoms with Crippen molar-refractivity contribution >= 4 is 45.1 Å². The molecular formula is C18H16ClIN2O. The Hall–Kier alpha value is -1.40. The molecule has 3 aromatic rings. The van der Waals surface area contributed by atoms with E-state index in [0.717, 1.165) is 26.2 Å². The first kappa shape index (κ1) is 16.5. The molecule has 0 bridgehead atoms. The minimum absolute atomic E-state index is 0.0427. The second-order valence-corrected chi connectivity index (χ2v) is 7.12. The third kappa shape index (κ3) is 2.78. The van der Waals surface area contributed by atoms with Gasteiger partial charge in [-0.2, -0.15) is 0 Å². The third-order valence-corrected chi connectivity index (χ3v) is 5.48. The van der Waals surface area contributed by atoms with Gasteiger partial charge in [0.15, 0.2) is 0 Å². The first-order valence-electron chi connectivity index (χ1n) is 7.41. The van der Waals surface area contributed by atoms with Crippen LogP contribution < -0.4 is 5.56 Å². The maximum absolute atomic E-state index is 13.2. The standard InChI is InChI=1S/C18H16ClIN2O/c1-4-16-21-15-9-13(19)14(20)8-12(15)18(23)22(16)17-10(2)6-5-7-11(17)3/h5-9H,4H2,1-3H3. The molecule has 0 unspecified atom stereocenters. The lowest BCUT2D eigenvalue weighted by molar-refractivity contribution is 0.824. The van der Waals surface area contributed by atoms with Crippen LogP contribution in [0.15, 0.2) is 35.1 Å². The van der Waals surface area contributed by atoms with Crippen molar-refractivity contribution < 1.29 is 0 Å². The number of fused-ring (bicyclic) bond motifs is 1. The number of para-hydroxylation sites is 1. The summed E-state index contributed by atoms with van der Waals surface area (Å²) in [6, 6.07) is 9.63. The highest BCUT2D eigenvalue weighted by Crippen LogP contribution is 2.25. The Morgan fingerprint density at radius 1 is 1.22 bits per heavy atom. The predicted octanol–water partition coefficient (Wildman–Crippen LogP) is 4.82. The Balaban J connectivity index is 2.48. The van der Waals surface area contributed by atoms with Crippen LogP contribution in [0.5, 0.6) is 0 Å². The molecule has 0 N–H and O–H groups in total. The molecule has 118 valence electrons. The molecule has 0 fully saturated rings. The molecule has 2 aromatic carbocycles. The summed E-state index contributed by atoms with van der Waals surface area (Å²) in [7, 11) is 0. The van der Waals surface area contributed by atoms with E-state index in [1.807, 2.05) is 45.0 Å². The summed E-state index contributed by atoms with van der Waals surface area (Å²) >= 11 is 8.33. The Morgan fingerprint density at radius 3 is 2.48 bits per heavy atom. The van der Waals surface area contributed by atoms with Crippen LogP contribution in [-0.4, -0.2) is 9.55 Å². The summed E-state index contributed by atoms with van der Waals surface area (Å²) in [5.41, 5.74) is 3.66. The molecule has 0 radical (unpaired) electrons. The second kappa shape index (κ2) is 6.24. The summed E-state index contributed by atoms with van der Waals surface area (Å²) in [5, 5.41) is 1.22. The largest absolute Gasteiger partial charge is 0.268 e. The van der Waals surface area contributed by atoms with E-state index in [4.69, 9.17) is 16.6 Å². The summed E-state index contributed by atoms with van der Waals surface area (Å²) in [6.07, 6.45) is 0.669. The van der Waals surface area contributed by atoms with Crippen molar-refractivity contribution in [2.75, 3.05) is 0 Å². The van der Waals surface area contributed by atoms with Gasteiger partial charge in [-0.15, -0.1) is 0 Å². The normalized spacial score (nSPS) is 11.2. The molecule has 0 atom stereocenters. The van der Waals surface area contributed by atoms with E-state index in [1.54, 1.807) is 10.6 Å². The van der Waals surface area contributed by atoms with Gasteiger partial charge in [0, 0.05) is 9.99 Å². The van der Waals surface area contributed by atoms with Gasteiger partial charge in [-0.05, 0) is 59.7 Å². The van der Waals surface area contributed by atoms with Gasteiger partial charge in [0.05, 0.1) is 21.6 Å². The van der Waals surface area contributed by atoms with Gasteiger partial charge >= 0.3 is 0 Å². The lowest BCUT2D eigenvalue weighted by Crippen LogP contribution is -2.25. The van der Waals surface area contributed by atoms with Gasteiger partial charge < -0.3 is 0 Å². The Labute approximate surface area is 153 Å². The molecule has 0 amide bonds. The van der Waals surface area contributed by atoms with Crippen molar-refractivity contribution in [2.24, 2.45) is 0 Å². The number of benzene rings is 2. The zero-order chi connectivity index (χ0) is 16.7. The molecule has 0 spiro atoms. The van der Waals surface area contributed by atoms with E-state index in [0.29, 0.717) is 22.3 Å². The quantitative estimate of drug-likeness (QED) is 0.538. The monoisotopic (exact) mass is 438 g/mol. The smallest absolute Gasteiger partial charge is 0.266 e. The van der Waals surface area contributed by atoms with Crippen LogP contribution in [-0.2, 0) is 6.42 Å². The zero-order valence-corrected chi connectivity index (χ0v) is 16.1. The number of halogens is 2. The molecule has 3 rings (SSSR count). The lowest BCUT2D eigenvalue weighted by atomic mass is 10.1. The molecule has 0 saturated carbocycles. The average Bonchev–Trinajstić information content (AvgIpc) is 2.51. The highest BCUT2D eigenvalue weighted by Gasteiger charge is 2.16. The van der Waals surface area contributed by atoms with E-state index in [1.165, 1.54) is 0 Å². The minimum atomic E-state index is -0.0427. The van der Waals surface area contributed by atoms with Crippen molar-refractivity contribution in [3.63, 3.8) is 0 Å². The number of hydrogen-bond acceptors (Lipinski definition) is 2. The van der Waals surface area contributed by atoms with Gasteiger partial charge in [-0.1, -0.05) is 36.7 Å². The van der Waals surface area contributed by atoms with E-state index in [-0.39, 0.29) is 5.56 Å². The van der Waals surface area contributed by atoms with E-state index in [2.05, 4.69) is 22.6 Å². The maximum Gasteiger partial charge on any atom is 0.266 e. The lowest BCUT2D eigenvalue weighted by Gasteiger charge is -2.17. The molecule has 1 aromatic heterocycles. The zero-order valence-electron chi connectivity index (χ0n) is 13.2. The topological polar surface area (TPSA) is 34.9 Å². The fourth-order valence-electron chi connectivity index (χ4n) is 2.85. The van der Waals surface area contributed by atoms with Crippen LogP contribution in [0, 0.1) is 17.4 Å². The van der Waals surface area contributed by atoms with Crippen LogP contribution >= 0.6 is 34.2 Å². The van der Waals surface area contributed by atoms with Crippen molar-refractivity contribution in [3.8, 4) is 5.69 Å². The fourth-order valence-corrected chi connectivity index (χ4v) is 3.48. The molecule has 5 heteroatoms. The molecule has 3 nitrogen and oxygen atoms in total. The van der Waals surface area contributed by atoms with Crippen molar-refractivity contribution in [1.82, 2.24) is 9.55 Å². The molecule has 0 aliphatic carbocycles. The Bertz CT molecular complexity index is 959. The maximum atomic E-state index is 13.2. The second-order valence-electron chi connectivity index (χ2n) is 5.55. The number of nitrogens with zero attached hydrogens (tertiary/aromatic N) is 2.